The molecular formula is C14H14ClNOS. The first-order chi connectivity index (χ1) is 8.70. The smallest absolute Gasteiger partial charge is 0.133 e. The van der Waals surface area contributed by atoms with Crippen LogP contribution in [0.15, 0.2) is 47.4 Å². The molecule has 4 heteroatoms. The highest BCUT2D eigenvalue weighted by atomic mass is 35.5. The molecule has 0 aliphatic heterocycles. The molecule has 0 atom stereocenters. The van der Waals surface area contributed by atoms with Crippen molar-refractivity contribution in [2.45, 2.75) is 11.5 Å². The van der Waals surface area contributed by atoms with Gasteiger partial charge in [-0.1, -0.05) is 29.8 Å². The van der Waals surface area contributed by atoms with Crippen LogP contribution in [0.2, 0.25) is 5.02 Å². The molecule has 2 nitrogen and oxygen atoms in total. The summed E-state index contributed by atoms with van der Waals surface area (Å²) in [6, 6.07) is 13.4. The molecular weight excluding hydrogens is 266 g/mol. The summed E-state index contributed by atoms with van der Waals surface area (Å²) in [6.45, 7) is 0.445. The first-order valence-electron chi connectivity index (χ1n) is 5.50. The molecule has 2 aromatic rings. The number of rotatable bonds is 4. The normalized spacial score (nSPS) is 10.3. The molecule has 0 radical (unpaired) electrons. The first-order valence-corrected chi connectivity index (χ1v) is 7.10. The molecule has 0 fully saturated rings. The van der Waals surface area contributed by atoms with E-state index in [4.69, 9.17) is 22.1 Å². The fourth-order valence-electron chi connectivity index (χ4n) is 1.59. The van der Waals surface area contributed by atoms with Crippen molar-refractivity contribution in [3.8, 4) is 5.75 Å². The molecule has 18 heavy (non-hydrogen) atoms. The molecule has 0 saturated carbocycles. The lowest BCUT2D eigenvalue weighted by molar-refractivity contribution is 0.299. The Morgan fingerprint density at radius 3 is 2.72 bits per heavy atom. The number of thioether (sulfide) groups is 1. The largest absolute Gasteiger partial charge is 0.488 e. The quantitative estimate of drug-likeness (QED) is 0.672. The predicted molar refractivity (Wildman–Crippen MR) is 78.4 cm³/mol. The number of nitrogen functional groups attached to an aromatic ring is 1. The molecule has 0 aliphatic rings. The third-order valence-electron chi connectivity index (χ3n) is 2.56. The minimum atomic E-state index is 0.445. The van der Waals surface area contributed by atoms with Crippen LogP contribution in [0, 0.1) is 0 Å². The van der Waals surface area contributed by atoms with Gasteiger partial charge in [-0.3, -0.25) is 0 Å². The zero-order valence-corrected chi connectivity index (χ0v) is 11.6. The Labute approximate surface area is 116 Å². The van der Waals surface area contributed by atoms with Crippen molar-refractivity contribution in [1.82, 2.24) is 0 Å². The molecule has 2 rings (SSSR count). The summed E-state index contributed by atoms with van der Waals surface area (Å²) in [6.07, 6.45) is 2.03. The number of benzene rings is 2. The lowest BCUT2D eigenvalue weighted by atomic mass is 10.2. The molecule has 0 aromatic heterocycles. The van der Waals surface area contributed by atoms with Crippen molar-refractivity contribution in [2.24, 2.45) is 0 Å². The second-order valence-electron chi connectivity index (χ2n) is 3.78. The summed E-state index contributed by atoms with van der Waals surface area (Å²) < 4.78 is 5.79. The standard InChI is InChI=1S/C14H14ClNOS/c1-18-14-5-3-2-4-13(14)17-9-10-6-7-11(15)8-12(10)16/h2-8H,9,16H2,1H3. The number of halogens is 1. The zero-order chi connectivity index (χ0) is 13.0. The third kappa shape index (κ3) is 3.12. The van der Waals surface area contributed by atoms with Gasteiger partial charge in [-0.05, 0) is 30.5 Å². The van der Waals surface area contributed by atoms with Crippen molar-refractivity contribution >= 4 is 29.1 Å². The molecule has 0 unspecified atom stereocenters. The number of hydrogen-bond acceptors (Lipinski definition) is 3. The Hall–Kier alpha value is -1.32. The maximum Gasteiger partial charge on any atom is 0.133 e. The van der Waals surface area contributed by atoms with E-state index >= 15 is 0 Å². The number of para-hydroxylation sites is 1. The predicted octanol–water partition coefficient (Wildman–Crippen LogP) is 4.22. The average molecular weight is 280 g/mol. The van der Waals surface area contributed by atoms with Crippen molar-refractivity contribution in [1.29, 1.82) is 0 Å². The maximum absolute atomic E-state index is 5.89. The van der Waals surface area contributed by atoms with E-state index in [2.05, 4.69) is 0 Å². The van der Waals surface area contributed by atoms with Gasteiger partial charge in [0.2, 0.25) is 0 Å². The van der Waals surface area contributed by atoms with Crippen LogP contribution in [0.4, 0.5) is 5.69 Å². The van der Waals surface area contributed by atoms with Gasteiger partial charge >= 0.3 is 0 Å². The van der Waals surface area contributed by atoms with Gasteiger partial charge in [0, 0.05) is 21.2 Å². The Kier molecular flexibility index (Phi) is 4.39. The van der Waals surface area contributed by atoms with Crippen LogP contribution < -0.4 is 10.5 Å². The van der Waals surface area contributed by atoms with Crippen LogP contribution in [0.25, 0.3) is 0 Å². The Morgan fingerprint density at radius 1 is 1.22 bits per heavy atom. The van der Waals surface area contributed by atoms with Gasteiger partial charge in [-0.25, -0.2) is 0 Å². The monoisotopic (exact) mass is 279 g/mol. The van der Waals surface area contributed by atoms with Gasteiger partial charge in [0.25, 0.3) is 0 Å². The lowest BCUT2D eigenvalue weighted by Gasteiger charge is -2.11. The van der Waals surface area contributed by atoms with E-state index in [1.807, 2.05) is 42.7 Å². The summed E-state index contributed by atoms with van der Waals surface area (Å²) in [5.41, 5.74) is 7.48. The molecule has 0 aliphatic carbocycles. The molecule has 2 aromatic carbocycles. The minimum absolute atomic E-state index is 0.445. The number of ether oxygens (including phenoxy) is 1. The fourth-order valence-corrected chi connectivity index (χ4v) is 2.31. The number of anilines is 1. The summed E-state index contributed by atoms with van der Waals surface area (Å²) >= 11 is 7.52. The third-order valence-corrected chi connectivity index (χ3v) is 3.57. The van der Waals surface area contributed by atoms with Gasteiger partial charge < -0.3 is 10.5 Å². The summed E-state index contributed by atoms with van der Waals surface area (Å²) in [5.74, 6) is 0.874. The fraction of sp³-hybridized carbons (Fsp3) is 0.143. The van der Waals surface area contributed by atoms with Crippen LogP contribution in [-0.4, -0.2) is 6.26 Å². The van der Waals surface area contributed by atoms with Crippen molar-refractivity contribution in [3.05, 3.63) is 53.1 Å². The van der Waals surface area contributed by atoms with E-state index in [1.165, 1.54) is 0 Å². The van der Waals surface area contributed by atoms with E-state index in [9.17, 15) is 0 Å². The molecule has 0 saturated heterocycles. The number of hydrogen-bond donors (Lipinski definition) is 1. The van der Waals surface area contributed by atoms with Gasteiger partial charge in [0.1, 0.15) is 12.4 Å². The van der Waals surface area contributed by atoms with Crippen molar-refractivity contribution < 1.29 is 4.74 Å². The molecule has 2 N–H and O–H groups in total. The highest BCUT2D eigenvalue weighted by Crippen LogP contribution is 2.28. The summed E-state index contributed by atoms with van der Waals surface area (Å²) in [7, 11) is 0. The second kappa shape index (κ2) is 6.03. The van der Waals surface area contributed by atoms with Crippen molar-refractivity contribution in [2.75, 3.05) is 12.0 Å². The Bertz CT molecular complexity index is 545. The SMILES string of the molecule is CSc1ccccc1OCc1ccc(Cl)cc1N. The second-order valence-corrected chi connectivity index (χ2v) is 5.07. The van der Waals surface area contributed by atoms with Gasteiger partial charge in [-0.15, -0.1) is 11.8 Å². The average Bonchev–Trinajstić information content (AvgIpc) is 2.38. The van der Waals surface area contributed by atoms with Crippen LogP contribution in [0.5, 0.6) is 5.75 Å². The molecule has 0 bridgehead atoms. The van der Waals surface area contributed by atoms with Gasteiger partial charge in [-0.2, -0.15) is 0 Å². The highest BCUT2D eigenvalue weighted by molar-refractivity contribution is 7.98. The van der Waals surface area contributed by atoms with Crippen LogP contribution in [-0.2, 0) is 6.61 Å². The van der Waals surface area contributed by atoms with E-state index in [-0.39, 0.29) is 0 Å². The zero-order valence-electron chi connectivity index (χ0n) is 10.0. The molecule has 0 spiro atoms. The highest BCUT2D eigenvalue weighted by Gasteiger charge is 2.04. The molecule has 0 heterocycles. The maximum atomic E-state index is 5.89. The lowest BCUT2D eigenvalue weighted by Crippen LogP contribution is -2.00. The van der Waals surface area contributed by atoms with Crippen LogP contribution >= 0.6 is 23.4 Å². The number of nitrogens with two attached hydrogens (primary N) is 1. The van der Waals surface area contributed by atoms with E-state index < -0.39 is 0 Å². The molecule has 0 amide bonds. The van der Waals surface area contributed by atoms with Crippen molar-refractivity contribution in [3.63, 3.8) is 0 Å². The summed E-state index contributed by atoms with van der Waals surface area (Å²) in [4.78, 5) is 1.12. The van der Waals surface area contributed by atoms with E-state index in [0.29, 0.717) is 17.3 Å². The van der Waals surface area contributed by atoms with Crippen LogP contribution in [0.3, 0.4) is 0 Å². The van der Waals surface area contributed by atoms with Crippen LogP contribution in [0.1, 0.15) is 5.56 Å². The minimum Gasteiger partial charge on any atom is -0.488 e. The Morgan fingerprint density at radius 2 is 2.00 bits per heavy atom. The van der Waals surface area contributed by atoms with E-state index in [0.717, 1.165) is 16.2 Å². The van der Waals surface area contributed by atoms with E-state index in [1.54, 1.807) is 17.8 Å². The topological polar surface area (TPSA) is 35.2 Å². The van der Waals surface area contributed by atoms with Gasteiger partial charge in [0.15, 0.2) is 0 Å². The Balaban J connectivity index is 2.11. The first kappa shape index (κ1) is 13.1. The summed E-state index contributed by atoms with van der Waals surface area (Å²) in [5, 5.41) is 0.640. The molecule has 94 valence electrons. The van der Waals surface area contributed by atoms with Gasteiger partial charge in [0.05, 0.1) is 0 Å².